The van der Waals surface area contributed by atoms with E-state index in [4.69, 9.17) is 9.41 Å². The summed E-state index contributed by atoms with van der Waals surface area (Å²) in [5, 5.41) is 7.53. The van der Waals surface area contributed by atoms with Gasteiger partial charge in [-0.15, -0.1) is 0 Å². The lowest BCUT2D eigenvalue weighted by Crippen LogP contribution is -2.48. The van der Waals surface area contributed by atoms with Gasteiger partial charge in [0.25, 0.3) is 0 Å². The van der Waals surface area contributed by atoms with Gasteiger partial charge >= 0.3 is 0 Å². The van der Waals surface area contributed by atoms with Crippen molar-refractivity contribution < 1.29 is 4.42 Å². The molecule has 4 aliphatic heterocycles. The van der Waals surface area contributed by atoms with E-state index >= 15 is 0 Å². The maximum atomic E-state index is 6.82. The SMILES string of the molecule is CC1Cc2c(n(C3=CCC4(C)C(=C3)c3cccc5c3N4C3=Nc4ccccc4NC35)c3ccccc23)C=C2C1c1c(ccc3c1oc1ccccc13)N2c1ccccc1. The number of hydrogen-bond donors (Lipinski definition) is 1. The van der Waals surface area contributed by atoms with Crippen molar-refractivity contribution in [3.8, 4) is 0 Å². The minimum absolute atomic E-state index is 0.0400. The molecule has 0 fully saturated rings. The highest BCUT2D eigenvalue weighted by Gasteiger charge is 2.55. The van der Waals surface area contributed by atoms with E-state index in [9.17, 15) is 0 Å². The van der Waals surface area contributed by atoms with Crippen molar-refractivity contribution in [3.05, 3.63) is 179 Å². The van der Waals surface area contributed by atoms with E-state index in [2.05, 4.69) is 185 Å². The number of anilines is 4. The summed E-state index contributed by atoms with van der Waals surface area (Å²) in [6, 6.07) is 48.3. The van der Waals surface area contributed by atoms with Crippen molar-refractivity contribution in [1.29, 1.82) is 0 Å². The van der Waals surface area contributed by atoms with Gasteiger partial charge in [0.15, 0.2) is 0 Å². The lowest BCUT2D eigenvalue weighted by atomic mass is 9.81. The number of allylic oxidation sites excluding steroid dienone is 3. The van der Waals surface area contributed by atoms with Gasteiger partial charge in [0.1, 0.15) is 23.0 Å². The van der Waals surface area contributed by atoms with Crippen LogP contribution in [0.1, 0.15) is 60.2 Å². The highest BCUT2D eigenvalue weighted by Crippen LogP contribution is 2.61. The molecule has 6 nitrogen and oxygen atoms in total. The molecule has 0 amide bonds. The van der Waals surface area contributed by atoms with Crippen LogP contribution < -0.4 is 15.1 Å². The number of fused-ring (bicyclic) bond motifs is 17. The number of benzene rings is 6. The maximum Gasteiger partial charge on any atom is 0.141 e. The molecule has 6 aliphatic rings. The monoisotopic (exact) mass is 761 g/mol. The first-order valence-corrected chi connectivity index (χ1v) is 21.0. The fourth-order valence-corrected chi connectivity index (χ4v) is 11.8. The first kappa shape index (κ1) is 32.0. The Hall–Kier alpha value is -7.05. The Morgan fingerprint density at radius 2 is 1.59 bits per heavy atom. The number of furan rings is 1. The molecule has 2 aromatic heterocycles. The Bertz CT molecular complexity index is 3320. The second kappa shape index (κ2) is 11.1. The molecule has 6 aromatic carbocycles. The molecule has 4 atom stereocenters. The molecule has 0 saturated carbocycles. The van der Waals surface area contributed by atoms with E-state index < -0.39 is 0 Å². The van der Waals surface area contributed by atoms with Gasteiger partial charge in [0.2, 0.25) is 0 Å². The van der Waals surface area contributed by atoms with Crippen LogP contribution in [0.4, 0.5) is 28.4 Å². The lowest BCUT2D eigenvalue weighted by molar-refractivity contribution is 0.514. The Labute approximate surface area is 341 Å². The van der Waals surface area contributed by atoms with Gasteiger partial charge in [0.05, 0.1) is 39.5 Å². The van der Waals surface area contributed by atoms with Gasteiger partial charge in [-0.3, -0.25) is 0 Å². The number of aromatic nitrogens is 1. The van der Waals surface area contributed by atoms with Crippen molar-refractivity contribution in [2.24, 2.45) is 10.9 Å². The van der Waals surface area contributed by atoms with Crippen LogP contribution in [0.5, 0.6) is 0 Å². The zero-order chi connectivity index (χ0) is 38.7. The molecule has 59 heavy (non-hydrogen) atoms. The predicted octanol–water partition coefficient (Wildman–Crippen LogP) is 13.1. The number of para-hydroxylation sites is 6. The molecule has 0 spiro atoms. The van der Waals surface area contributed by atoms with E-state index in [-0.39, 0.29) is 17.5 Å². The third-order valence-electron chi connectivity index (χ3n) is 14.3. The molecule has 4 unspecified atom stereocenters. The van der Waals surface area contributed by atoms with Crippen molar-refractivity contribution >= 4 is 84.5 Å². The molecule has 1 N–H and O–H groups in total. The average Bonchev–Trinajstić information content (AvgIpc) is 4.03. The van der Waals surface area contributed by atoms with Crippen LogP contribution in [0.3, 0.4) is 0 Å². The zero-order valence-electron chi connectivity index (χ0n) is 32.8. The van der Waals surface area contributed by atoms with Gasteiger partial charge < -0.3 is 24.1 Å². The number of nitrogens with zero attached hydrogens (tertiary/aromatic N) is 4. The van der Waals surface area contributed by atoms with Crippen molar-refractivity contribution in [2.75, 3.05) is 15.1 Å². The van der Waals surface area contributed by atoms with Crippen molar-refractivity contribution in [3.63, 3.8) is 0 Å². The Morgan fingerprint density at radius 3 is 2.51 bits per heavy atom. The fraction of sp³-hybridized carbons (Fsp3) is 0.151. The average molecular weight is 762 g/mol. The van der Waals surface area contributed by atoms with Crippen LogP contribution in [0.2, 0.25) is 0 Å². The smallest absolute Gasteiger partial charge is 0.141 e. The Morgan fingerprint density at radius 1 is 0.780 bits per heavy atom. The van der Waals surface area contributed by atoms with Crippen LogP contribution in [0, 0.1) is 5.92 Å². The summed E-state index contributed by atoms with van der Waals surface area (Å²) in [7, 11) is 0. The van der Waals surface area contributed by atoms with Gasteiger partial charge in [-0.2, -0.15) is 0 Å². The summed E-state index contributed by atoms with van der Waals surface area (Å²) in [5.74, 6) is 1.55. The first-order valence-electron chi connectivity index (χ1n) is 21.0. The molecule has 6 heterocycles. The topological polar surface area (TPSA) is 48.9 Å². The fourth-order valence-electron chi connectivity index (χ4n) is 11.8. The van der Waals surface area contributed by atoms with Gasteiger partial charge in [-0.05, 0) is 97.5 Å². The van der Waals surface area contributed by atoms with Crippen molar-refractivity contribution in [2.45, 2.75) is 44.2 Å². The van der Waals surface area contributed by atoms with Gasteiger partial charge in [-0.25, -0.2) is 4.99 Å². The largest absolute Gasteiger partial charge is 0.456 e. The molecule has 8 aromatic rings. The van der Waals surface area contributed by atoms with Gasteiger partial charge in [-0.1, -0.05) is 97.9 Å². The van der Waals surface area contributed by atoms with E-state index in [1.807, 2.05) is 0 Å². The molecule has 6 heteroatoms. The van der Waals surface area contributed by atoms with E-state index in [0.717, 1.165) is 41.2 Å². The van der Waals surface area contributed by atoms with Crippen LogP contribution in [0.15, 0.2) is 161 Å². The standard InChI is InChI=1S/C53H39N5O/c1-30-27-38-33-15-6-10-21-42(33)57(32-25-26-53(2)39(28-32)36-17-12-18-37-49-52(58(53)50(36)37)55-41-20-9-8-19-40(41)54-49)44(38)29-45-47(30)48-43(56(45)31-13-4-3-5-14-31)24-23-35-34-16-7-11-22-46(34)59-51(35)48/h3-25,28-30,47,49,54H,26-27H2,1-2H3. The molecule has 0 saturated heterocycles. The third-order valence-corrected chi connectivity index (χ3v) is 14.3. The molecule has 0 radical (unpaired) electrons. The summed E-state index contributed by atoms with van der Waals surface area (Å²) >= 11 is 0. The summed E-state index contributed by atoms with van der Waals surface area (Å²) in [6.45, 7) is 4.86. The summed E-state index contributed by atoms with van der Waals surface area (Å²) in [4.78, 5) is 10.4. The normalized spacial score (nSPS) is 23.0. The second-order valence-electron chi connectivity index (χ2n) is 17.4. The third kappa shape index (κ3) is 3.99. The molecule has 282 valence electrons. The Balaban J connectivity index is 0.979. The predicted molar refractivity (Wildman–Crippen MR) is 242 cm³/mol. The van der Waals surface area contributed by atoms with E-state index in [1.54, 1.807) is 0 Å². The molecule has 2 aliphatic carbocycles. The first-order chi connectivity index (χ1) is 29.0. The summed E-state index contributed by atoms with van der Waals surface area (Å²) in [6.07, 6.45) is 9.31. The molecular weight excluding hydrogens is 723 g/mol. The number of aliphatic imine (C=N–C) groups is 1. The molecular formula is C53H39N5O. The van der Waals surface area contributed by atoms with Crippen LogP contribution >= 0.6 is 0 Å². The number of nitrogens with one attached hydrogen (secondary N) is 1. The minimum atomic E-state index is -0.267. The summed E-state index contributed by atoms with van der Waals surface area (Å²) < 4.78 is 9.39. The van der Waals surface area contributed by atoms with Gasteiger partial charge in [0, 0.05) is 55.8 Å². The number of rotatable bonds is 2. The number of hydrogen-bond acceptors (Lipinski definition) is 5. The zero-order valence-corrected chi connectivity index (χ0v) is 32.8. The quantitative estimate of drug-likeness (QED) is 0.191. The lowest BCUT2D eigenvalue weighted by Gasteiger charge is -2.40. The highest BCUT2D eigenvalue weighted by molar-refractivity contribution is 6.20. The minimum Gasteiger partial charge on any atom is -0.456 e. The number of amidine groups is 1. The van der Waals surface area contributed by atoms with E-state index in [0.29, 0.717) is 5.92 Å². The summed E-state index contributed by atoms with van der Waals surface area (Å²) in [5.41, 5.74) is 19.2. The van der Waals surface area contributed by atoms with Crippen LogP contribution in [-0.2, 0) is 6.42 Å². The van der Waals surface area contributed by atoms with E-state index in [1.165, 1.54) is 83.7 Å². The van der Waals surface area contributed by atoms with Crippen LogP contribution in [0.25, 0.3) is 50.2 Å². The van der Waals surface area contributed by atoms with Crippen molar-refractivity contribution in [1.82, 2.24) is 4.57 Å². The highest BCUT2D eigenvalue weighted by atomic mass is 16.3. The molecule has 14 rings (SSSR count). The Kier molecular flexibility index (Phi) is 6.02. The molecule has 0 bridgehead atoms. The second-order valence-corrected chi connectivity index (χ2v) is 17.4. The van der Waals surface area contributed by atoms with Crippen LogP contribution in [-0.4, -0.2) is 15.9 Å². The maximum absolute atomic E-state index is 6.82.